The lowest BCUT2D eigenvalue weighted by Crippen LogP contribution is -2.34. The number of halogens is 1. The first-order valence-corrected chi connectivity index (χ1v) is 7.52. The van der Waals surface area contributed by atoms with E-state index in [1.165, 1.54) is 0 Å². The van der Waals surface area contributed by atoms with Crippen LogP contribution in [0.5, 0.6) is 0 Å². The molecule has 0 heterocycles. The molecule has 18 heavy (non-hydrogen) atoms. The Balaban J connectivity index is 2.04. The first kappa shape index (κ1) is 13.7. The maximum Gasteiger partial charge on any atom is 0.252 e. The Morgan fingerprint density at radius 3 is 2.83 bits per heavy atom. The summed E-state index contributed by atoms with van der Waals surface area (Å²) >= 11 is 7.64. The van der Waals surface area contributed by atoms with Gasteiger partial charge in [-0.3, -0.25) is 4.79 Å². The lowest BCUT2D eigenvalue weighted by Gasteiger charge is -2.14. The summed E-state index contributed by atoms with van der Waals surface area (Å²) in [7, 11) is 0. The van der Waals surface area contributed by atoms with Crippen molar-refractivity contribution in [3.63, 3.8) is 0 Å². The summed E-state index contributed by atoms with van der Waals surface area (Å²) in [5.41, 5.74) is 6.36. The predicted octanol–water partition coefficient (Wildman–Crippen LogP) is 2.53. The largest absolute Gasteiger partial charge is 0.351 e. The van der Waals surface area contributed by atoms with E-state index in [1.54, 1.807) is 17.8 Å². The summed E-state index contributed by atoms with van der Waals surface area (Å²) in [6.07, 6.45) is 4.17. The number of amides is 1. The normalized spacial score (nSPS) is 16.4. The van der Waals surface area contributed by atoms with Crippen molar-refractivity contribution in [2.75, 3.05) is 19.3 Å². The Morgan fingerprint density at radius 2 is 2.28 bits per heavy atom. The van der Waals surface area contributed by atoms with E-state index < -0.39 is 0 Å². The molecular formula is C13H17ClN2OS. The quantitative estimate of drug-likeness (QED) is 0.817. The standard InChI is InChI=1S/C13H17ClN2OS/c1-18-9-2-3-11(14)10(6-9)12(17)16-8-13(7-15)4-5-13/h2-3,6H,4-5,7-8,15H2,1H3,(H,16,17). The minimum Gasteiger partial charge on any atom is -0.351 e. The number of hydrogen-bond donors (Lipinski definition) is 2. The van der Waals surface area contributed by atoms with Crippen LogP contribution in [-0.4, -0.2) is 25.3 Å². The van der Waals surface area contributed by atoms with Gasteiger partial charge in [-0.1, -0.05) is 11.6 Å². The molecule has 1 fully saturated rings. The van der Waals surface area contributed by atoms with E-state index in [1.807, 2.05) is 18.4 Å². The molecule has 3 N–H and O–H groups in total. The Hall–Kier alpha value is -0.710. The van der Waals surface area contributed by atoms with Crippen LogP contribution in [0.1, 0.15) is 23.2 Å². The highest BCUT2D eigenvalue weighted by Crippen LogP contribution is 2.43. The molecule has 0 radical (unpaired) electrons. The molecule has 0 aliphatic heterocycles. The minimum absolute atomic E-state index is 0.115. The Morgan fingerprint density at radius 1 is 1.56 bits per heavy atom. The molecule has 0 atom stereocenters. The highest BCUT2D eigenvalue weighted by Gasteiger charge is 2.41. The number of benzene rings is 1. The van der Waals surface area contributed by atoms with Crippen molar-refractivity contribution in [1.82, 2.24) is 5.32 Å². The fraction of sp³-hybridized carbons (Fsp3) is 0.462. The highest BCUT2D eigenvalue weighted by atomic mass is 35.5. The van der Waals surface area contributed by atoms with Gasteiger partial charge >= 0.3 is 0 Å². The van der Waals surface area contributed by atoms with E-state index in [-0.39, 0.29) is 11.3 Å². The summed E-state index contributed by atoms with van der Waals surface area (Å²) in [4.78, 5) is 13.1. The van der Waals surface area contributed by atoms with Crippen LogP contribution in [0.15, 0.2) is 23.1 Å². The number of carbonyl (C=O) groups excluding carboxylic acids is 1. The SMILES string of the molecule is CSc1ccc(Cl)c(C(=O)NCC2(CN)CC2)c1. The summed E-state index contributed by atoms with van der Waals surface area (Å²) in [5, 5.41) is 3.42. The molecule has 1 aromatic carbocycles. The second kappa shape index (κ2) is 5.51. The minimum atomic E-state index is -0.115. The van der Waals surface area contributed by atoms with E-state index in [0.29, 0.717) is 23.7 Å². The third-order valence-electron chi connectivity index (χ3n) is 3.43. The number of rotatable bonds is 5. The number of hydrogen-bond acceptors (Lipinski definition) is 3. The lowest BCUT2D eigenvalue weighted by atomic mass is 10.1. The van der Waals surface area contributed by atoms with Crippen LogP contribution in [0.25, 0.3) is 0 Å². The first-order valence-electron chi connectivity index (χ1n) is 5.92. The number of nitrogens with two attached hydrogens (primary N) is 1. The first-order chi connectivity index (χ1) is 8.60. The van der Waals surface area contributed by atoms with E-state index in [9.17, 15) is 4.79 Å². The molecule has 1 amide bonds. The number of nitrogens with one attached hydrogen (secondary N) is 1. The zero-order chi connectivity index (χ0) is 13.2. The fourth-order valence-electron chi connectivity index (χ4n) is 1.80. The van der Waals surface area contributed by atoms with Crippen molar-refractivity contribution in [1.29, 1.82) is 0 Å². The molecule has 0 bridgehead atoms. The zero-order valence-corrected chi connectivity index (χ0v) is 11.9. The van der Waals surface area contributed by atoms with Crippen LogP contribution < -0.4 is 11.1 Å². The molecule has 0 spiro atoms. The van der Waals surface area contributed by atoms with Crippen LogP contribution in [-0.2, 0) is 0 Å². The van der Waals surface area contributed by atoms with Crippen molar-refractivity contribution in [3.8, 4) is 0 Å². The fourth-order valence-corrected chi connectivity index (χ4v) is 2.44. The van der Waals surface area contributed by atoms with Crippen molar-refractivity contribution in [2.24, 2.45) is 11.1 Å². The lowest BCUT2D eigenvalue weighted by molar-refractivity contribution is 0.0945. The van der Waals surface area contributed by atoms with Gasteiger partial charge in [0.1, 0.15) is 0 Å². The average molecular weight is 285 g/mol. The van der Waals surface area contributed by atoms with Gasteiger partial charge in [0.05, 0.1) is 10.6 Å². The maximum atomic E-state index is 12.1. The molecule has 2 rings (SSSR count). The molecule has 1 aliphatic carbocycles. The molecule has 1 saturated carbocycles. The highest BCUT2D eigenvalue weighted by molar-refractivity contribution is 7.98. The molecular weight excluding hydrogens is 268 g/mol. The van der Waals surface area contributed by atoms with E-state index in [0.717, 1.165) is 17.7 Å². The van der Waals surface area contributed by atoms with E-state index in [4.69, 9.17) is 17.3 Å². The van der Waals surface area contributed by atoms with Crippen molar-refractivity contribution >= 4 is 29.3 Å². The number of carbonyl (C=O) groups is 1. The van der Waals surface area contributed by atoms with Crippen LogP contribution >= 0.6 is 23.4 Å². The van der Waals surface area contributed by atoms with E-state index >= 15 is 0 Å². The molecule has 5 heteroatoms. The van der Waals surface area contributed by atoms with Crippen molar-refractivity contribution in [3.05, 3.63) is 28.8 Å². The van der Waals surface area contributed by atoms with Crippen molar-refractivity contribution < 1.29 is 4.79 Å². The third kappa shape index (κ3) is 2.99. The topological polar surface area (TPSA) is 55.1 Å². The molecule has 98 valence electrons. The Bertz CT molecular complexity index is 460. The summed E-state index contributed by atoms with van der Waals surface area (Å²) < 4.78 is 0. The molecule has 0 unspecified atom stereocenters. The molecule has 1 aromatic rings. The number of thioether (sulfide) groups is 1. The van der Waals surface area contributed by atoms with Crippen molar-refractivity contribution in [2.45, 2.75) is 17.7 Å². The maximum absolute atomic E-state index is 12.1. The summed E-state index contributed by atoms with van der Waals surface area (Å²) in [6.45, 7) is 1.27. The average Bonchev–Trinajstić information content (AvgIpc) is 3.17. The Kier molecular flexibility index (Phi) is 4.20. The van der Waals surface area contributed by atoms with Gasteiger partial charge in [-0.05, 0) is 43.8 Å². The monoisotopic (exact) mass is 284 g/mol. The second-order valence-corrected chi connectivity index (χ2v) is 6.02. The summed E-state index contributed by atoms with van der Waals surface area (Å²) in [5.74, 6) is -0.115. The predicted molar refractivity (Wildman–Crippen MR) is 76.3 cm³/mol. The van der Waals surface area contributed by atoms with Gasteiger partial charge in [-0.15, -0.1) is 11.8 Å². The zero-order valence-electron chi connectivity index (χ0n) is 10.3. The van der Waals surface area contributed by atoms with Gasteiger partial charge in [-0.25, -0.2) is 0 Å². The second-order valence-electron chi connectivity index (χ2n) is 4.73. The van der Waals surface area contributed by atoms with Gasteiger partial charge in [0.15, 0.2) is 0 Å². The molecule has 0 aromatic heterocycles. The van der Waals surface area contributed by atoms with Crippen LogP contribution in [0.3, 0.4) is 0 Å². The third-order valence-corrected chi connectivity index (χ3v) is 4.49. The Labute approximate surface area is 116 Å². The molecule has 3 nitrogen and oxygen atoms in total. The van der Waals surface area contributed by atoms with Gasteiger partial charge in [0, 0.05) is 16.9 Å². The van der Waals surface area contributed by atoms with E-state index in [2.05, 4.69) is 5.32 Å². The van der Waals surface area contributed by atoms with Gasteiger partial charge in [-0.2, -0.15) is 0 Å². The van der Waals surface area contributed by atoms with Crippen LogP contribution in [0.2, 0.25) is 5.02 Å². The summed E-state index contributed by atoms with van der Waals surface area (Å²) in [6, 6.07) is 5.49. The van der Waals surface area contributed by atoms with Crippen LogP contribution in [0.4, 0.5) is 0 Å². The smallest absolute Gasteiger partial charge is 0.252 e. The van der Waals surface area contributed by atoms with Gasteiger partial charge in [0.25, 0.3) is 5.91 Å². The molecule has 1 aliphatic rings. The van der Waals surface area contributed by atoms with Crippen LogP contribution in [0, 0.1) is 5.41 Å². The van der Waals surface area contributed by atoms with Gasteiger partial charge < -0.3 is 11.1 Å². The van der Waals surface area contributed by atoms with Gasteiger partial charge in [0.2, 0.25) is 0 Å². The molecule has 0 saturated heterocycles.